The van der Waals surface area contributed by atoms with Crippen LogP contribution < -0.4 is 10.2 Å². The molecule has 130 valence electrons. The van der Waals surface area contributed by atoms with Gasteiger partial charge in [0.1, 0.15) is 5.57 Å². The molecule has 0 spiro atoms. The number of nitro groups is 1. The van der Waals surface area contributed by atoms with E-state index in [9.17, 15) is 19.7 Å². The predicted molar refractivity (Wildman–Crippen MR) is 103 cm³/mol. The second-order valence-electron chi connectivity index (χ2n) is 5.29. The highest BCUT2D eigenvalue weighted by molar-refractivity contribution is 9.10. The van der Waals surface area contributed by atoms with Crippen LogP contribution in [0.25, 0.3) is 6.08 Å². The zero-order valence-corrected chi connectivity index (χ0v) is 15.4. The van der Waals surface area contributed by atoms with Crippen LogP contribution in [0, 0.1) is 10.1 Å². The van der Waals surface area contributed by atoms with Gasteiger partial charge in [-0.3, -0.25) is 29.9 Å². The quantitative estimate of drug-likeness (QED) is 0.265. The Bertz CT molecular complexity index is 972. The molecule has 0 aliphatic carbocycles. The van der Waals surface area contributed by atoms with Gasteiger partial charge in [-0.2, -0.15) is 0 Å². The van der Waals surface area contributed by atoms with Crippen molar-refractivity contribution in [2.24, 2.45) is 0 Å². The first kappa shape index (κ1) is 17.9. The van der Waals surface area contributed by atoms with Crippen LogP contribution in [-0.2, 0) is 9.59 Å². The molecule has 3 rings (SSSR count). The van der Waals surface area contributed by atoms with Gasteiger partial charge in [-0.15, -0.1) is 0 Å². The number of hydrogen-bond acceptors (Lipinski definition) is 5. The molecule has 1 N–H and O–H groups in total. The molecule has 1 heterocycles. The van der Waals surface area contributed by atoms with Crippen molar-refractivity contribution < 1.29 is 14.5 Å². The van der Waals surface area contributed by atoms with Gasteiger partial charge in [0.15, 0.2) is 5.11 Å². The lowest BCUT2D eigenvalue weighted by Crippen LogP contribution is -2.54. The van der Waals surface area contributed by atoms with Crippen molar-refractivity contribution in [1.29, 1.82) is 0 Å². The molecule has 1 fully saturated rings. The van der Waals surface area contributed by atoms with E-state index >= 15 is 0 Å². The van der Waals surface area contributed by atoms with Gasteiger partial charge in [0.25, 0.3) is 17.5 Å². The number of carbonyl (C=O) groups is 2. The second-order valence-corrected chi connectivity index (χ2v) is 6.59. The number of non-ortho nitro benzene ring substituents is 1. The summed E-state index contributed by atoms with van der Waals surface area (Å²) in [5.74, 6) is -1.19. The lowest BCUT2D eigenvalue weighted by molar-refractivity contribution is -0.384. The number of anilines is 1. The topological polar surface area (TPSA) is 92.6 Å². The number of nitrogens with zero attached hydrogens (tertiary/aromatic N) is 2. The third-order valence-corrected chi connectivity index (χ3v) is 4.36. The highest BCUT2D eigenvalue weighted by atomic mass is 79.9. The van der Waals surface area contributed by atoms with E-state index < -0.39 is 16.7 Å². The minimum Gasteiger partial charge on any atom is -0.298 e. The summed E-state index contributed by atoms with van der Waals surface area (Å²) in [6.07, 6.45) is 1.37. The van der Waals surface area contributed by atoms with Crippen LogP contribution in [0.3, 0.4) is 0 Å². The van der Waals surface area contributed by atoms with Gasteiger partial charge < -0.3 is 0 Å². The van der Waals surface area contributed by atoms with E-state index in [0.29, 0.717) is 11.3 Å². The molecule has 1 aliphatic heterocycles. The summed E-state index contributed by atoms with van der Waals surface area (Å²) < 4.78 is 0.753. The Morgan fingerprint density at radius 1 is 1.15 bits per heavy atom. The fraction of sp³-hybridized carbons (Fsp3) is 0. The van der Waals surface area contributed by atoms with Crippen molar-refractivity contribution >= 4 is 62.5 Å². The SMILES string of the molecule is O=C1NC(=S)N(c2cccc(Br)c2)C(=O)/C1=C/c1ccc([N+](=O)[O-])cc1. The molecule has 0 saturated carbocycles. The fourth-order valence-electron chi connectivity index (χ4n) is 2.37. The number of rotatable bonds is 3. The van der Waals surface area contributed by atoms with Crippen molar-refractivity contribution in [2.75, 3.05) is 4.90 Å². The van der Waals surface area contributed by atoms with E-state index in [4.69, 9.17) is 12.2 Å². The highest BCUT2D eigenvalue weighted by Gasteiger charge is 2.34. The zero-order chi connectivity index (χ0) is 18.8. The number of carbonyl (C=O) groups excluding carboxylic acids is 2. The van der Waals surface area contributed by atoms with Gasteiger partial charge in [0.05, 0.1) is 10.6 Å². The molecule has 9 heteroatoms. The molecule has 0 bridgehead atoms. The summed E-state index contributed by atoms with van der Waals surface area (Å²) in [5.41, 5.74) is 0.788. The van der Waals surface area contributed by atoms with Gasteiger partial charge >= 0.3 is 0 Å². The van der Waals surface area contributed by atoms with Crippen LogP contribution in [0.5, 0.6) is 0 Å². The molecule has 2 amide bonds. The maximum absolute atomic E-state index is 12.8. The summed E-state index contributed by atoms with van der Waals surface area (Å²) in [4.78, 5) is 36.4. The van der Waals surface area contributed by atoms with Crippen molar-refractivity contribution in [3.05, 3.63) is 74.3 Å². The second kappa shape index (κ2) is 7.14. The van der Waals surface area contributed by atoms with Crippen molar-refractivity contribution in [2.45, 2.75) is 0 Å². The fourth-order valence-corrected chi connectivity index (χ4v) is 3.03. The molecular formula is C17H10BrN3O4S. The molecule has 1 saturated heterocycles. The van der Waals surface area contributed by atoms with E-state index in [-0.39, 0.29) is 16.4 Å². The Hall–Kier alpha value is -2.91. The van der Waals surface area contributed by atoms with E-state index in [1.807, 2.05) is 0 Å². The highest BCUT2D eigenvalue weighted by Crippen LogP contribution is 2.25. The molecule has 7 nitrogen and oxygen atoms in total. The van der Waals surface area contributed by atoms with Crippen LogP contribution in [0.4, 0.5) is 11.4 Å². The lowest BCUT2D eigenvalue weighted by Gasteiger charge is -2.29. The first-order valence-electron chi connectivity index (χ1n) is 7.28. The molecule has 0 radical (unpaired) electrons. The third kappa shape index (κ3) is 3.53. The number of benzene rings is 2. The number of hydrogen-bond donors (Lipinski definition) is 1. The Balaban J connectivity index is 1.98. The van der Waals surface area contributed by atoms with E-state index in [1.165, 1.54) is 35.2 Å². The van der Waals surface area contributed by atoms with Crippen LogP contribution in [0.1, 0.15) is 5.56 Å². The van der Waals surface area contributed by atoms with Crippen molar-refractivity contribution in [3.63, 3.8) is 0 Å². The number of amides is 2. The number of thiocarbonyl (C=S) groups is 1. The van der Waals surface area contributed by atoms with Gasteiger partial charge in [-0.05, 0) is 54.2 Å². The van der Waals surface area contributed by atoms with Gasteiger partial charge in [0, 0.05) is 16.6 Å². The van der Waals surface area contributed by atoms with Gasteiger partial charge in [-0.25, -0.2) is 0 Å². The van der Waals surface area contributed by atoms with Crippen molar-refractivity contribution in [3.8, 4) is 0 Å². The molecule has 0 unspecified atom stereocenters. The van der Waals surface area contributed by atoms with E-state index in [2.05, 4.69) is 21.2 Å². The van der Waals surface area contributed by atoms with Crippen LogP contribution in [0.15, 0.2) is 58.6 Å². The Morgan fingerprint density at radius 2 is 1.85 bits per heavy atom. The lowest BCUT2D eigenvalue weighted by atomic mass is 10.1. The summed E-state index contributed by atoms with van der Waals surface area (Å²) in [6.45, 7) is 0. The number of nitro benzene ring substituents is 1. The monoisotopic (exact) mass is 431 g/mol. The first-order valence-corrected chi connectivity index (χ1v) is 8.48. The smallest absolute Gasteiger partial charge is 0.270 e. The Kier molecular flexibility index (Phi) is 4.92. The predicted octanol–water partition coefficient (Wildman–Crippen LogP) is 3.19. The molecule has 1 aliphatic rings. The standard InChI is InChI=1S/C17H10BrN3O4S/c18-11-2-1-3-13(9-11)20-16(23)14(15(22)19-17(20)26)8-10-4-6-12(7-5-10)21(24)25/h1-9H,(H,19,22,26)/b14-8+. The number of halogens is 1. The largest absolute Gasteiger partial charge is 0.298 e. The molecule has 0 atom stereocenters. The molecular weight excluding hydrogens is 422 g/mol. The average Bonchev–Trinajstić information content (AvgIpc) is 2.59. The minimum atomic E-state index is -0.621. The zero-order valence-electron chi connectivity index (χ0n) is 13.0. The number of nitrogens with one attached hydrogen (secondary N) is 1. The summed E-state index contributed by atoms with van der Waals surface area (Å²) in [6, 6.07) is 12.5. The Morgan fingerprint density at radius 3 is 2.46 bits per heavy atom. The first-order chi connectivity index (χ1) is 12.4. The van der Waals surface area contributed by atoms with Gasteiger partial charge in [0.2, 0.25) is 0 Å². The maximum atomic E-state index is 12.8. The maximum Gasteiger partial charge on any atom is 0.270 e. The van der Waals surface area contributed by atoms with E-state index in [1.54, 1.807) is 24.3 Å². The Labute approximate surface area is 161 Å². The van der Waals surface area contributed by atoms with E-state index in [0.717, 1.165) is 4.47 Å². The summed E-state index contributed by atoms with van der Waals surface area (Å²) >= 11 is 8.46. The van der Waals surface area contributed by atoms with Crippen LogP contribution in [0.2, 0.25) is 0 Å². The molecule has 0 aromatic heterocycles. The average molecular weight is 432 g/mol. The summed E-state index contributed by atoms with van der Waals surface area (Å²) in [7, 11) is 0. The minimum absolute atomic E-state index is 0.0149. The molecule has 2 aromatic carbocycles. The molecule has 2 aromatic rings. The summed E-state index contributed by atoms with van der Waals surface area (Å²) in [5, 5.41) is 13.2. The third-order valence-electron chi connectivity index (χ3n) is 3.58. The molecule has 26 heavy (non-hydrogen) atoms. The normalized spacial score (nSPS) is 16.0. The van der Waals surface area contributed by atoms with Crippen LogP contribution >= 0.6 is 28.1 Å². The van der Waals surface area contributed by atoms with Crippen molar-refractivity contribution in [1.82, 2.24) is 5.32 Å². The van der Waals surface area contributed by atoms with Crippen LogP contribution in [-0.4, -0.2) is 21.9 Å². The van der Waals surface area contributed by atoms with Gasteiger partial charge in [-0.1, -0.05) is 22.0 Å².